The first-order valence-corrected chi connectivity index (χ1v) is 7.02. The zero-order valence-electron chi connectivity index (χ0n) is 12.0. The van der Waals surface area contributed by atoms with E-state index in [0.717, 1.165) is 12.8 Å². The molecule has 0 amide bonds. The Balaban J connectivity index is 3.98. The third-order valence-corrected chi connectivity index (χ3v) is 3.27. The second kappa shape index (κ2) is 9.59. The number of carboxylic acid groups (broad SMARTS) is 2. The summed E-state index contributed by atoms with van der Waals surface area (Å²) >= 11 is 0. The largest absolute Gasteiger partial charge is 0.481 e. The predicted molar refractivity (Wildman–Crippen MR) is 75.1 cm³/mol. The monoisotopic (exact) mass is 270 g/mol. The van der Waals surface area contributed by atoms with E-state index in [9.17, 15) is 9.59 Å². The van der Waals surface area contributed by atoms with Gasteiger partial charge in [-0.25, -0.2) is 0 Å². The molecule has 0 aliphatic heterocycles. The van der Waals surface area contributed by atoms with Crippen molar-refractivity contribution in [2.45, 2.75) is 65.2 Å². The van der Waals surface area contributed by atoms with E-state index >= 15 is 0 Å². The Kier molecular flexibility index (Phi) is 8.92. The molecule has 1 unspecified atom stereocenters. The van der Waals surface area contributed by atoms with E-state index in [-0.39, 0.29) is 12.8 Å². The normalized spacial score (nSPS) is 14.4. The van der Waals surface area contributed by atoms with Crippen molar-refractivity contribution in [1.29, 1.82) is 0 Å². The van der Waals surface area contributed by atoms with Crippen LogP contribution in [0.4, 0.5) is 0 Å². The number of allylic oxidation sites excluding steroid dienone is 2. The van der Waals surface area contributed by atoms with Gasteiger partial charge in [0, 0.05) is 0 Å². The van der Waals surface area contributed by atoms with Gasteiger partial charge >= 0.3 is 11.9 Å². The summed E-state index contributed by atoms with van der Waals surface area (Å²) in [5.74, 6) is -2.12. The zero-order chi connectivity index (χ0) is 14.7. The SMILES string of the molecule is CCCCCCCC=CCC(C)(CC(=O)O)C(=O)O. The van der Waals surface area contributed by atoms with E-state index < -0.39 is 17.4 Å². The van der Waals surface area contributed by atoms with Gasteiger partial charge in [0.2, 0.25) is 0 Å². The van der Waals surface area contributed by atoms with Crippen LogP contribution < -0.4 is 0 Å². The molecule has 4 nitrogen and oxygen atoms in total. The summed E-state index contributed by atoms with van der Waals surface area (Å²) in [6.07, 6.45) is 10.7. The Hall–Kier alpha value is -1.32. The molecule has 0 aromatic rings. The molecule has 0 aromatic carbocycles. The Labute approximate surface area is 115 Å². The minimum atomic E-state index is -1.20. The van der Waals surface area contributed by atoms with Crippen molar-refractivity contribution in [3.05, 3.63) is 12.2 Å². The highest BCUT2D eigenvalue weighted by Crippen LogP contribution is 2.27. The van der Waals surface area contributed by atoms with Gasteiger partial charge in [-0.3, -0.25) is 9.59 Å². The molecule has 0 saturated carbocycles. The minimum absolute atomic E-state index is 0.267. The maximum absolute atomic E-state index is 11.1. The Morgan fingerprint density at radius 3 is 2.21 bits per heavy atom. The summed E-state index contributed by atoms with van der Waals surface area (Å²) in [6, 6.07) is 0. The average molecular weight is 270 g/mol. The van der Waals surface area contributed by atoms with Gasteiger partial charge in [-0.2, -0.15) is 0 Å². The summed E-state index contributed by atoms with van der Waals surface area (Å²) in [4.78, 5) is 21.8. The maximum Gasteiger partial charge on any atom is 0.310 e. The van der Waals surface area contributed by atoms with E-state index in [1.54, 1.807) is 6.08 Å². The third-order valence-electron chi connectivity index (χ3n) is 3.27. The molecule has 0 heterocycles. The van der Waals surface area contributed by atoms with Gasteiger partial charge in [0.25, 0.3) is 0 Å². The lowest BCUT2D eigenvalue weighted by molar-refractivity contribution is -0.154. The molecular weight excluding hydrogens is 244 g/mol. The van der Waals surface area contributed by atoms with Crippen LogP contribution in [0.1, 0.15) is 65.2 Å². The first-order valence-electron chi connectivity index (χ1n) is 7.02. The van der Waals surface area contributed by atoms with Crippen molar-refractivity contribution in [3.63, 3.8) is 0 Å². The first-order chi connectivity index (χ1) is 8.92. The minimum Gasteiger partial charge on any atom is -0.481 e. The molecule has 110 valence electrons. The number of hydrogen-bond acceptors (Lipinski definition) is 2. The highest BCUT2D eigenvalue weighted by Gasteiger charge is 2.34. The van der Waals surface area contributed by atoms with Gasteiger partial charge in [-0.05, 0) is 26.2 Å². The zero-order valence-corrected chi connectivity index (χ0v) is 12.0. The Bertz CT molecular complexity index is 309. The topological polar surface area (TPSA) is 74.6 Å². The summed E-state index contributed by atoms with van der Waals surface area (Å²) in [7, 11) is 0. The molecule has 0 fully saturated rings. The lowest BCUT2D eigenvalue weighted by Gasteiger charge is -2.20. The molecule has 0 radical (unpaired) electrons. The summed E-state index contributed by atoms with van der Waals surface area (Å²) in [5.41, 5.74) is -1.20. The number of rotatable bonds is 11. The molecule has 0 bridgehead atoms. The van der Waals surface area contributed by atoms with Gasteiger partial charge in [0.1, 0.15) is 0 Å². The highest BCUT2D eigenvalue weighted by atomic mass is 16.4. The van der Waals surface area contributed by atoms with Gasteiger partial charge in [0.15, 0.2) is 0 Å². The van der Waals surface area contributed by atoms with Gasteiger partial charge in [-0.1, -0.05) is 44.8 Å². The van der Waals surface area contributed by atoms with Crippen molar-refractivity contribution in [2.75, 3.05) is 0 Å². The first kappa shape index (κ1) is 17.7. The molecular formula is C15H26O4. The molecule has 0 aliphatic carbocycles. The van der Waals surface area contributed by atoms with Gasteiger partial charge in [-0.15, -0.1) is 0 Å². The van der Waals surface area contributed by atoms with Crippen LogP contribution in [-0.4, -0.2) is 22.2 Å². The Morgan fingerprint density at radius 1 is 1.05 bits per heavy atom. The van der Waals surface area contributed by atoms with Crippen LogP contribution in [0.5, 0.6) is 0 Å². The van der Waals surface area contributed by atoms with E-state index in [0.29, 0.717) is 0 Å². The Morgan fingerprint density at radius 2 is 1.68 bits per heavy atom. The molecule has 0 saturated heterocycles. The lowest BCUT2D eigenvalue weighted by Crippen LogP contribution is -2.29. The third kappa shape index (κ3) is 8.41. The molecule has 2 N–H and O–H groups in total. The summed E-state index contributed by atoms with van der Waals surface area (Å²) in [6.45, 7) is 3.66. The van der Waals surface area contributed by atoms with E-state index in [1.165, 1.54) is 32.6 Å². The van der Waals surface area contributed by atoms with Crippen molar-refractivity contribution in [1.82, 2.24) is 0 Å². The van der Waals surface area contributed by atoms with E-state index in [2.05, 4.69) is 6.92 Å². The van der Waals surface area contributed by atoms with Crippen molar-refractivity contribution in [3.8, 4) is 0 Å². The molecule has 19 heavy (non-hydrogen) atoms. The van der Waals surface area contributed by atoms with Crippen molar-refractivity contribution in [2.24, 2.45) is 5.41 Å². The number of carbonyl (C=O) groups is 2. The quantitative estimate of drug-likeness (QED) is 0.441. The number of carboxylic acids is 2. The number of hydrogen-bond donors (Lipinski definition) is 2. The van der Waals surface area contributed by atoms with Crippen LogP contribution in [0.3, 0.4) is 0 Å². The van der Waals surface area contributed by atoms with Crippen LogP contribution >= 0.6 is 0 Å². The molecule has 0 rings (SSSR count). The van der Waals surface area contributed by atoms with Gasteiger partial charge < -0.3 is 10.2 Å². The molecule has 0 aliphatic rings. The second-order valence-electron chi connectivity index (χ2n) is 5.31. The number of aliphatic carboxylic acids is 2. The van der Waals surface area contributed by atoms with Crippen LogP contribution in [-0.2, 0) is 9.59 Å². The fraction of sp³-hybridized carbons (Fsp3) is 0.733. The van der Waals surface area contributed by atoms with Crippen LogP contribution in [0.15, 0.2) is 12.2 Å². The van der Waals surface area contributed by atoms with E-state index in [1.807, 2.05) is 6.08 Å². The molecule has 1 atom stereocenters. The lowest BCUT2D eigenvalue weighted by atomic mass is 9.83. The highest BCUT2D eigenvalue weighted by molar-refractivity contribution is 5.81. The van der Waals surface area contributed by atoms with Crippen molar-refractivity contribution >= 4 is 11.9 Å². The molecule has 4 heteroatoms. The molecule has 0 spiro atoms. The second-order valence-corrected chi connectivity index (χ2v) is 5.31. The predicted octanol–water partition coefficient (Wildman–Crippen LogP) is 3.86. The molecule has 0 aromatic heterocycles. The fourth-order valence-corrected chi connectivity index (χ4v) is 1.90. The number of unbranched alkanes of at least 4 members (excludes halogenated alkanes) is 5. The maximum atomic E-state index is 11.1. The van der Waals surface area contributed by atoms with Crippen LogP contribution in [0.25, 0.3) is 0 Å². The van der Waals surface area contributed by atoms with Crippen LogP contribution in [0.2, 0.25) is 0 Å². The van der Waals surface area contributed by atoms with Crippen LogP contribution in [0, 0.1) is 5.41 Å². The summed E-state index contributed by atoms with van der Waals surface area (Å²) < 4.78 is 0. The smallest absolute Gasteiger partial charge is 0.310 e. The fourth-order valence-electron chi connectivity index (χ4n) is 1.90. The van der Waals surface area contributed by atoms with Gasteiger partial charge in [0.05, 0.1) is 11.8 Å². The standard InChI is InChI=1S/C15H26O4/c1-3-4-5-6-7-8-9-10-11-15(2,14(18)19)12-13(16)17/h9-10H,3-8,11-12H2,1-2H3,(H,16,17)(H,18,19). The summed E-state index contributed by atoms with van der Waals surface area (Å²) in [5, 5.41) is 17.8. The van der Waals surface area contributed by atoms with Crippen molar-refractivity contribution < 1.29 is 19.8 Å². The van der Waals surface area contributed by atoms with E-state index in [4.69, 9.17) is 10.2 Å². The average Bonchev–Trinajstić information content (AvgIpc) is 2.31.